The number of aromatic nitrogens is 3. The first-order chi connectivity index (χ1) is 10.3. The molecule has 0 bridgehead atoms. The smallest absolute Gasteiger partial charge is 0.140 e. The van der Waals surface area contributed by atoms with Crippen LogP contribution >= 0.6 is 0 Å². The van der Waals surface area contributed by atoms with Crippen LogP contribution in [0.4, 0.5) is 5.69 Å². The number of nitrogens with zero attached hydrogens (tertiary/aromatic N) is 4. The summed E-state index contributed by atoms with van der Waals surface area (Å²) in [7, 11) is 0. The maximum absolute atomic E-state index is 8.91. The number of hydrogen-bond donors (Lipinski definition) is 1. The molecule has 0 saturated carbocycles. The van der Waals surface area contributed by atoms with E-state index < -0.39 is 0 Å². The van der Waals surface area contributed by atoms with Gasteiger partial charge in [-0.2, -0.15) is 5.26 Å². The van der Waals surface area contributed by atoms with Crippen LogP contribution in [0.5, 0.6) is 0 Å². The number of imidazole rings is 1. The number of benzene rings is 1. The number of hydrogen-bond acceptors (Lipinski definition) is 4. The highest BCUT2D eigenvalue weighted by atomic mass is 15.1. The number of nitrogen functional groups attached to an aromatic ring is 1. The molecule has 2 heterocycles. The minimum absolute atomic E-state index is 0.415. The topological polar surface area (TPSA) is 80.5 Å². The molecule has 1 aromatic carbocycles. The van der Waals surface area contributed by atoms with Crippen molar-refractivity contribution in [2.24, 2.45) is 0 Å². The van der Waals surface area contributed by atoms with Gasteiger partial charge >= 0.3 is 0 Å². The molecule has 0 radical (unpaired) electrons. The lowest BCUT2D eigenvalue weighted by molar-refractivity contribution is 0.805. The molecule has 5 nitrogen and oxygen atoms in total. The average Bonchev–Trinajstić information content (AvgIpc) is 2.95. The number of rotatable bonds is 3. The highest BCUT2D eigenvalue weighted by Gasteiger charge is 2.07. The zero-order chi connectivity index (χ0) is 14.7. The van der Waals surface area contributed by atoms with Crippen LogP contribution in [-0.2, 0) is 6.54 Å². The van der Waals surface area contributed by atoms with E-state index >= 15 is 0 Å². The Kier molecular flexibility index (Phi) is 3.36. The Hall–Kier alpha value is -3.13. The molecule has 0 fully saturated rings. The molecule has 0 aliphatic heterocycles. The number of anilines is 1. The van der Waals surface area contributed by atoms with Gasteiger partial charge in [0.2, 0.25) is 0 Å². The minimum atomic E-state index is 0.415. The molecule has 0 amide bonds. The Morgan fingerprint density at radius 2 is 2.05 bits per heavy atom. The zero-order valence-electron chi connectivity index (χ0n) is 11.3. The lowest BCUT2D eigenvalue weighted by Gasteiger charge is -2.08. The Bertz CT molecular complexity index is 813. The lowest BCUT2D eigenvalue weighted by Crippen LogP contribution is -2.02. The first-order valence-corrected chi connectivity index (χ1v) is 6.48. The molecule has 0 saturated heterocycles. The van der Waals surface area contributed by atoms with E-state index in [2.05, 4.69) is 9.97 Å². The summed E-state index contributed by atoms with van der Waals surface area (Å²) >= 11 is 0. The van der Waals surface area contributed by atoms with E-state index in [0.29, 0.717) is 17.9 Å². The number of nitriles is 1. The third kappa shape index (κ3) is 2.74. The quantitative estimate of drug-likeness (QED) is 0.744. The first kappa shape index (κ1) is 12.9. The largest absolute Gasteiger partial charge is 0.399 e. The van der Waals surface area contributed by atoms with Gasteiger partial charge in [-0.15, -0.1) is 0 Å². The van der Waals surface area contributed by atoms with Gasteiger partial charge in [0, 0.05) is 36.4 Å². The highest BCUT2D eigenvalue weighted by molar-refractivity contribution is 5.61. The number of nitrogens with two attached hydrogens (primary N) is 1. The van der Waals surface area contributed by atoms with Crippen LogP contribution < -0.4 is 5.73 Å². The molecule has 3 rings (SSSR count). The van der Waals surface area contributed by atoms with Crippen LogP contribution in [0.1, 0.15) is 11.3 Å². The summed E-state index contributed by atoms with van der Waals surface area (Å²) in [5.74, 6) is 0.845. The summed E-state index contributed by atoms with van der Waals surface area (Å²) in [6.07, 6.45) is 5.31. The van der Waals surface area contributed by atoms with Crippen LogP contribution in [-0.4, -0.2) is 14.5 Å². The van der Waals surface area contributed by atoms with Crippen molar-refractivity contribution in [1.82, 2.24) is 14.5 Å². The average molecular weight is 275 g/mol. The van der Waals surface area contributed by atoms with Crippen molar-refractivity contribution in [3.63, 3.8) is 0 Å². The fourth-order valence-corrected chi connectivity index (χ4v) is 2.21. The molecule has 0 aliphatic rings. The molecule has 0 aliphatic carbocycles. The molecule has 21 heavy (non-hydrogen) atoms. The summed E-state index contributed by atoms with van der Waals surface area (Å²) in [6.45, 7) is 0.626. The second-order valence-corrected chi connectivity index (χ2v) is 4.67. The lowest BCUT2D eigenvalue weighted by atomic mass is 10.2. The molecule has 2 N–H and O–H groups in total. The van der Waals surface area contributed by atoms with E-state index in [1.807, 2.05) is 47.2 Å². The van der Waals surface area contributed by atoms with E-state index in [9.17, 15) is 0 Å². The predicted molar refractivity (Wildman–Crippen MR) is 80.1 cm³/mol. The van der Waals surface area contributed by atoms with Gasteiger partial charge < -0.3 is 10.3 Å². The van der Waals surface area contributed by atoms with Crippen LogP contribution in [0.2, 0.25) is 0 Å². The van der Waals surface area contributed by atoms with Gasteiger partial charge in [0.25, 0.3) is 0 Å². The SMILES string of the molecule is N#Cc1cc(Cn2ccnc2-c2cccc(N)c2)ccn1. The van der Waals surface area contributed by atoms with Crippen molar-refractivity contribution >= 4 is 5.69 Å². The number of pyridine rings is 1. The summed E-state index contributed by atoms with van der Waals surface area (Å²) in [4.78, 5) is 8.37. The summed E-state index contributed by atoms with van der Waals surface area (Å²) in [5.41, 5.74) is 8.92. The van der Waals surface area contributed by atoms with Gasteiger partial charge in [-0.05, 0) is 29.8 Å². The third-order valence-corrected chi connectivity index (χ3v) is 3.15. The fourth-order valence-electron chi connectivity index (χ4n) is 2.21. The van der Waals surface area contributed by atoms with Gasteiger partial charge in [0.1, 0.15) is 17.6 Å². The normalized spacial score (nSPS) is 10.2. The van der Waals surface area contributed by atoms with Gasteiger partial charge in [-0.1, -0.05) is 12.1 Å². The van der Waals surface area contributed by atoms with E-state index in [0.717, 1.165) is 17.0 Å². The van der Waals surface area contributed by atoms with E-state index in [-0.39, 0.29) is 0 Å². The Morgan fingerprint density at radius 1 is 1.14 bits per heavy atom. The molecule has 102 valence electrons. The van der Waals surface area contributed by atoms with Crippen molar-refractivity contribution in [2.75, 3.05) is 5.73 Å². The van der Waals surface area contributed by atoms with Crippen LogP contribution in [0, 0.1) is 11.3 Å². The molecule has 2 aromatic heterocycles. The van der Waals surface area contributed by atoms with Crippen molar-refractivity contribution in [2.45, 2.75) is 6.54 Å². The molecule has 5 heteroatoms. The van der Waals surface area contributed by atoms with Gasteiger partial charge in [-0.25, -0.2) is 9.97 Å². The minimum Gasteiger partial charge on any atom is -0.399 e. The summed E-state index contributed by atoms with van der Waals surface area (Å²) in [5, 5.41) is 8.91. The van der Waals surface area contributed by atoms with E-state index in [4.69, 9.17) is 11.0 Å². The van der Waals surface area contributed by atoms with E-state index in [1.165, 1.54) is 0 Å². The molecule has 3 aromatic rings. The Balaban J connectivity index is 1.94. The standard InChI is InChI=1S/C16H13N5/c17-10-15-8-12(4-5-19-15)11-21-7-6-20-16(21)13-2-1-3-14(18)9-13/h1-9H,11,18H2. The van der Waals surface area contributed by atoms with Gasteiger partial charge in [-0.3, -0.25) is 0 Å². The maximum Gasteiger partial charge on any atom is 0.140 e. The molecule has 0 unspecified atom stereocenters. The Morgan fingerprint density at radius 3 is 2.86 bits per heavy atom. The monoisotopic (exact) mass is 275 g/mol. The predicted octanol–water partition coefficient (Wildman–Crippen LogP) is 2.45. The molecular formula is C16H13N5. The van der Waals surface area contributed by atoms with Crippen LogP contribution in [0.25, 0.3) is 11.4 Å². The highest BCUT2D eigenvalue weighted by Crippen LogP contribution is 2.20. The summed E-state index contributed by atoms with van der Waals surface area (Å²) in [6, 6.07) is 13.3. The van der Waals surface area contributed by atoms with E-state index in [1.54, 1.807) is 18.5 Å². The van der Waals surface area contributed by atoms with Crippen molar-refractivity contribution in [3.8, 4) is 17.5 Å². The van der Waals surface area contributed by atoms with Crippen molar-refractivity contribution in [1.29, 1.82) is 5.26 Å². The van der Waals surface area contributed by atoms with Crippen LogP contribution in [0.15, 0.2) is 55.0 Å². The maximum atomic E-state index is 8.91. The van der Waals surface area contributed by atoms with Crippen molar-refractivity contribution in [3.05, 3.63) is 66.2 Å². The van der Waals surface area contributed by atoms with Crippen molar-refractivity contribution < 1.29 is 0 Å². The first-order valence-electron chi connectivity index (χ1n) is 6.48. The second-order valence-electron chi connectivity index (χ2n) is 4.67. The van der Waals surface area contributed by atoms with Gasteiger partial charge in [0.05, 0.1) is 0 Å². The Labute approximate surface area is 122 Å². The second kappa shape index (κ2) is 5.47. The molecular weight excluding hydrogens is 262 g/mol. The molecule has 0 spiro atoms. The van der Waals surface area contributed by atoms with Gasteiger partial charge in [0.15, 0.2) is 0 Å². The summed E-state index contributed by atoms with van der Waals surface area (Å²) < 4.78 is 2.02. The zero-order valence-corrected chi connectivity index (χ0v) is 11.3. The third-order valence-electron chi connectivity index (χ3n) is 3.15. The molecule has 0 atom stereocenters. The van der Waals surface area contributed by atoms with Crippen LogP contribution in [0.3, 0.4) is 0 Å². The fraction of sp³-hybridized carbons (Fsp3) is 0.0625.